The molecule has 1 aromatic rings. The highest BCUT2D eigenvalue weighted by atomic mass is 35.5. The van der Waals surface area contributed by atoms with Crippen molar-refractivity contribution in [1.29, 1.82) is 0 Å². The zero-order valence-corrected chi connectivity index (χ0v) is 11.3. The van der Waals surface area contributed by atoms with Gasteiger partial charge >= 0.3 is 0 Å². The van der Waals surface area contributed by atoms with Crippen LogP contribution in [0.2, 0.25) is 5.02 Å². The predicted octanol–water partition coefficient (Wildman–Crippen LogP) is 3.21. The molecule has 1 saturated carbocycles. The molecular weight excluding hydrogens is 268 g/mol. The number of aliphatic hydroxyl groups excluding tert-OH is 1. The summed E-state index contributed by atoms with van der Waals surface area (Å²) in [6.07, 6.45) is 4.03. The van der Waals surface area contributed by atoms with Crippen LogP contribution in [0.25, 0.3) is 0 Å². The summed E-state index contributed by atoms with van der Waals surface area (Å²) >= 11 is 5.90. The number of hydrogen-bond acceptors (Lipinski definition) is 4. The van der Waals surface area contributed by atoms with Crippen LogP contribution in [-0.4, -0.2) is 22.7 Å². The molecule has 0 aliphatic heterocycles. The van der Waals surface area contributed by atoms with Crippen molar-refractivity contribution in [3.63, 3.8) is 0 Å². The Morgan fingerprint density at radius 1 is 1.42 bits per heavy atom. The summed E-state index contributed by atoms with van der Waals surface area (Å²) in [5.41, 5.74) is 0.453. The standard InChI is InChI=1S/C13H17ClN2O3/c14-10-5-6-13(16(18)19)12(7-10)15-11-4-2-1-3-9(11)8-17/h5-7,9,11,15,17H,1-4,8H2. The third kappa shape index (κ3) is 3.36. The molecular formula is C13H17ClN2O3. The second-order valence-corrected chi connectivity index (χ2v) is 5.33. The van der Waals surface area contributed by atoms with E-state index in [-0.39, 0.29) is 24.3 Å². The quantitative estimate of drug-likeness (QED) is 0.657. The van der Waals surface area contributed by atoms with Gasteiger partial charge in [-0.1, -0.05) is 24.4 Å². The van der Waals surface area contributed by atoms with Gasteiger partial charge in [-0.15, -0.1) is 0 Å². The maximum Gasteiger partial charge on any atom is 0.292 e. The van der Waals surface area contributed by atoms with Crippen molar-refractivity contribution >= 4 is 23.0 Å². The van der Waals surface area contributed by atoms with Crippen molar-refractivity contribution in [2.75, 3.05) is 11.9 Å². The second-order valence-electron chi connectivity index (χ2n) is 4.90. The molecule has 2 N–H and O–H groups in total. The van der Waals surface area contributed by atoms with Gasteiger partial charge < -0.3 is 10.4 Å². The van der Waals surface area contributed by atoms with Crippen LogP contribution in [-0.2, 0) is 0 Å². The van der Waals surface area contributed by atoms with E-state index in [1.54, 1.807) is 6.07 Å². The molecule has 0 amide bonds. The molecule has 6 heteroatoms. The number of aliphatic hydroxyl groups is 1. The predicted molar refractivity (Wildman–Crippen MR) is 74.6 cm³/mol. The fourth-order valence-corrected chi connectivity index (χ4v) is 2.77. The highest BCUT2D eigenvalue weighted by Crippen LogP contribution is 2.32. The SMILES string of the molecule is O=[N+]([O-])c1ccc(Cl)cc1NC1CCCCC1CO. The van der Waals surface area contributed by atoms with Crippen molar-refractivity contribution in [2.45, 2.75) is 31.7 Å². The van der Waals surface area contributed by atoms with Gasteiger partial charge in [-0.2, -0.15) is 0 Å². The Labute approximate surface area is 116 Å². The van der Waals surface area contributed by atoms with E-state index in [0.29, 0.717) is 10.7 Å². The largest absolute Gasteiger partial charge is 0.396 e. The minimum absolute atomic E-state index is 0.0201. The van der Waals surface area contributed by atoms with E-state index in [1.807, 2.05) is 0 Å². The first-order chi connectivity index (χ1) is 9.11. The van der Waals surface area contributed by atoms with E-state index in [2.05, 4.69) is 5.32 Å². The smallest absolute Gasteiger partial charge is 0.292 e. The van der Waals surface area contributed by atoms with Crippen LogP contribution in [0.5, 0.6) is 0 Å². The summed E-state index contributed by atoms with van der Waals surface area (Å²) in [4.78, 5) is 10.6. The molecule has 2 atom stereocenters. The number of rotatable bonds is 4. The number of nitro groups is 1. The number of nitro benzene ring substituents is 1. The Morgan fingerprint density at radius 2 is 2.16 bits per heavy atom. The molecule has 5 nitrogen and oxygen atoms in total. The molecule has 0 aromatic heterocycles. The Hall–Kier alpha value is -1.33. The molecule has 104 valence electrons. The third-order valence-electron chi connectivity index (χ3n) is 3.64. The number of hydrogen-bond donors (Lipinski definition) is 2. The van der Waals surface area contributed by atoms with Crippen LogP contribution in [0.3, 0.4) is 0 Å². The van der Waals surface area contributed by atoms with E-state index in [9.17, 15) is 15.2 Å². The van der Waals surface area contributed by atoms with Gasteiger partial charge in [0.2, 0.25) is 0 Å². The molecule has 0 saturated heterocycles. The first-order valence-corrected chi connectivity index (χ1v) is 6.81. The van der Waals surface area contributed by atoms with E-state index < -0.39 is 4.92 Å². The molecule has 1 aliphatic rings. The van der Waals surface area contributed by atoms with Crippen molar-refractivity contribution in [1.82, 2.24) is 0 Å². The van der Waals surface area contributed by atoms with Crippen LogP contribution >= 0.6 is 11.6 Å². The van der Waals surface area contributed by atoms with Crippen molar-refractivity contribution in [3.8, 4) is 0 Å². The topological polar surface area (TPSA) is 75.4 Å². The zero-order chi connectivity index (χ0) is 13.8. The Morgan fingerprint density at radius 3 is 2.84 bits per heavy atom. The van der Waals surface area contributed by atoms with E-state index in [0.717, 1.165) is 25.7 Å². The Kier molecular flexibility index (Phi) is 4.61. The van der Waals surface area contributed by atoms with Crippen molar-refractivity contribution in [2.24, 2.45) is 5.92 Å². The number of anilines is 1. The van der Waals surface area contributed by atoms with Crippen molar-refractivity contribution < 1.29 is 10.0 Å². The summed E-state index contributed by atoms with van der Waals surface area (Å²) in [7, 11) is 0. The third-order valence-corrected chi connectivity index (χ3v) is 3.87. The fraction of sp³-hybridized carbons (Fsp3) is 0.538. The normalized spacial score (nSPS) is 23.1. The van der Waals surface area contributed by atoms with E-state index in [4.69, 9.17) is 11.6 Å². The lowest BCUT2D eigenvalue weighted by atomic mass is 9.85. The molecule has 2 rings (SSSR count). The Balaban J connectivity index is 2.21. The number of benzene rings is 1. The maximum atomic E-state index is 11.0. The number of halogens is 1. The maximum absolute atomic E-state index is 11.0. The van der Waals surface area contributed by atoms with Gasteiger partial charge in [-0.05, 0) is 25.0 Å². The molecule has 1 aromatic carbocycles. The minimum Gasteiger partial charge on any atom is -0.396 e. The highest BCUT2D eigenvalue weighted by Gasteiger charge is 2.26. The summed E-state index contributed by atoms with van der Waals surface area (Å²) in [6.45, 7) is 0.103. The van der Waals surface area contributed by atoms with Gasteiger partial charge in [0.05, 0.1) is 4.92 Å². The van der Waals surface area contributed by atoms with Crippen LogP contribution in [0.4, 0.5) is 11.4 Å². The monoisotopic (exact) mass is 284 g/mol. The lowest BCUT2D eigenvalue weighted by Crippen LogP contribution is -2.34. The van der Waals surface area contributed by atoms with Crippen LogP contribution in [0.15, 0.2) is 18.2 Å². The lowest BCUT2D eigenvalue weighted by Gasteiger charge is -2.31. The number of nitrogens with zero attached hydrogens (tertiary/aromatic N) is 1. The summed E-state index contributed by atoms with van der Waals surface area (Å²) in [5, 5.41) is 24.0. The molecule has 0 heterocycles. The lowest BCUT2D eigenvalue weighted by molar-refractivity contribution is -0.384. The fourth-order valence-electron chi connectivity index (χ4n) is 2.60. The average molecular weight is 285 g/mol. The van der Waals surface area contributed by atoms with Gasteiger partial charge in [-0.3, -0.25) is 10.1 Å². The average Bonchev–Trinajstić information content (AvgIpc) is 2.39. The summed E-state index contributed by atoms with van der Waals surface area (Å²) in [6, 6.07) is 4.55. The zero-order valence-electron chi connectivity index (χ0n) is 10.5. The molecule has 2 unspecified atom stereocenters. The van der Waals surface area contributed by atoms with Crippen LogP contribution in [0, 0.1) is 16.0 Å². The van der Waals surface area contributed by atoms with Gasteiger partial charge in [0, 0.05) is 29.7 Å². The van der Waals surface area contributed by atoms with Gasteiger partial charge in [0.1, 0.15) is 5.69 Å². The summed E-state index contributed by atoms with van der Waals surface area (Å²) < 4.78 is 0. The van der Waals surface area contributed by atoms with Crippen LogP contribution in [0.1, 0.15) is 25.7 Å². The van der Waals surface area contributed by atoms with E-state index in [1.165, 1.54) is 12.1 Å². The second kappa shape index (κ2) is 6.21. The molecule has 19 heavy (non-hydrogen) atoms. The highest BCUT2D eigenvalue weighted by molar-refractivity contribution is 6.31. The first kappa shape index (κ1) is 14.1. The minimum atomic E-state index is -0.421. The van der Waals surface area contributed by atoms with Gasteiger partial charge in [0.25, 0.3) is 5.69 Å². The van der Waals surface area contributed by atoms with Gasteiger partial charge in [-0.25, -0.2) is 0 Å². The van der Waals surface area contributed by atoms with Crippen molar-refractivity contribution in [3.05, 3.63) is 33.3 Å². The first-order valence-electron chi connectivity index (χ1n) is 6.43. The Bertz CT molecular complexity index is 467. The molecule has 0 bridgehead atoms. The van der Waals surface area contributed by atoms with Crippen LogP contribution < -0.4 is 5.32 Å². The molecule has 0 spiro atoms. The number of nitrogens with one attached hydrogen (secondary N) is 1. The molecule has 0 radical (unpaired) electrons. The molecule has 1 aliphatic carbocycles. The molecule has 1 fully saturated rings. The summed E-state index contributed by atoms with van der Waals surface area (Å²) in [5.74, 6) is 0.146. The van der Waals surface area contributed by atoms with E-state index >= 15 is 0 Å². The van der Waals surface area contributed by atoms with Gasteiger partial charge in [0.15, 0.2) is 0 Å².